The predicted octanol–water partition coefficient (Wildman–Crippen LogP) is 3.26. The van der Waals surface area contributed by atoms with E-state index in [1.165, 1.54) is 0 Å². The lowest BCUT2D eigenvalue weighted by Crippen LogP contribution is -2.47. The van der Waals surface area contributed by atoms with Gasteiger partial charge in [0.15, 0.2) is 10.8 Å². The molecule has 3 aromatic rings. The molecule has 4 heterocycles. The summed E-state index contributed by atoms with van der Waals surface area (Å²) < 4.78 is 0.472. The van der Waals surface area contributed by atoms with Crippen LogP contribution in [-0.2, 0) is 3.79 Å². The molecule has 0 aromatic carbocycles. The summed E-state index contributed by atoms with van der Waals surface area (Å²) in [7, 11) is 0. The first kappa shape index (κ1) is 20.0. The van der Waals surface area contributed by atoms with Gasteiger partial charge in [0.25, 0.3) is 0 Å². The molecule has 1 saturated heterocycles. The lowest BCUT2D eigenvalue weighted by molar-refractivity contribution is 0.272. The number of hydrogen-bond donors (Lipinski definition) is 0. The van der Waals surface area contributed by atoms with E-state index in [4.69, 9.17) is 34.8 Å². The highest BCUT2D eigenvalue weighted by Crippen LogP contribution is 2.37. The molecule has 1 aliphatic heterocycles. The van der Waals surface area contributed by atoms with Crippen LogP contribution in [0.4, 0.5) is 5.95 Å². The van der Waals surface area contributed by atoms with Gasteiger partial charge in [-0.15, -0.1) is 10.2 Å². The minimum atomic E-state index is -1.54. The van der Waals surface area contributed by atoms with Crippen molar-refractivity contribution in [2.45, 2.75) is 8.95 Å². The summed E-state index contributed by atoms with van der Waals surface area (Å²) in [5.41, 5.74) is 1.26. The number of piperazine rings is 1. The van der Waals surface area contributed by atoms with E-state index < -0.39 is 3.79 Å². The molecule has 1 aliphatic rings. The quantitative estimate of drug-likeness (QED) is 0.429. The highest BCUT2D eigenvalue weighted by atomic mass is 35.6. The van der Waals surface area contributed by atoms with Crippen molar-refractivity contribution in [1.29, 1.82) is 0 Å². The zero-order chi connectivity index (χ0) is 19.6. The zero-order valence-corrected chi connectivity index (χ0v) is 18.0. The van der Waals surface area contributed by atoms with Gasteiger partial charge in [0.2, 0.25) is 9.74 Å². The largest absolute Gasteiger partial charge is 0.338 e. The molecule has 4 rings (SSSR count). The summed E-state index contributed by atoms with van der Waals surface area (Å²) in [5, 5.41) is 9.36. The van der Waals surface area contributed by atoms with E-state index in [1.54, 1.807) is 24.0 Å². The maximum absolute atomic E-state index is 5.93. The lowest BCUT2D eigenvalue weighted by atomic mass is 10.3. The standard InChI is InChI=1S/C17H18Cl3N7S/c18-17(19,20)13-4-5-21-15(22-13)26-9-7-25(8-10-26)11-12-28-16-24-23-14-3-1-2-6-27(14)16/h1-6H,7-12H2. The molecule has 7 nitrogen and oxygen atoms in total. The first-order chi connectivity index (χ1) is 13.5. The van der Waals surface area contributed by atoms with Gasteiger partial charge < -0.3 is 4.90 Å². The Kier molecular flexibility index (Phi) is 6.13. The van der Waals surface area contributed by atoms with Gasteiger partial charge in [-0.3, -0.25) is 9.30 Å². The summed E-state index contributed by atoms with van der Waals surface area (Å²) in [6.07, 6.45) is 3.62. The van der Waals surface area contributed by atoms with Crippen LogP contribution in [0.2, 0.25) is 0 Å². The fourth-order valence-electron chi connectivity index (χ4n) is 3.01. The molecular weight excluding hydrogens is 441 g/mol. The molecule has 0 unspecified atom stereocenters. The molecule has 0 bridgehead atoms. The van der Waals surface area contributed by atoms with E-state index in [0.29, 0.717) is 11.6 Å². The van der Waals surface area contributed by atoms with Gasteiger partial charge in [0, 0.05) is 50.9 Å². The van der Waals surface area contributed by atoms with Crippen LogP contribution in [0.1, 0.15) is 5.69 Å². The molecule has 28 heavy (non-hydrogen) atoms. The predicted molar refractivity (Wildman–Crippen MR) is 114 cm³/mol. The molecule has 0 amide bonds. The molecule has 1 fully saturated rings. The Morgan fingerprint density at radius 1 is 1.04 bits per heavy atom. The summed E-state index contributed by atoms with van der Waals surface area (Å²) in [6, 6.07) is 7.53. The van der Waals surface area contributed by atoms with Gasteiger partial charge >= 0.3 is 0 Å². The third kappa shape index (κ3) is 4.63. The van der Waals surface area contributed by atoms with Crippen LogP contribution in [0.5, 0.6) is 0 Å². The Hall–Kier alpha value is -1.32. The molecule has 0 N–H and O–H groups in total. The third-order valence-electron chi connectivity index (χ3n) is 4.51. The molecule has 11 heteroatoms. The van der Waals surface area contributed by atoms with E-state index >= 15 is 0 Å². The van der Waals surface area contributed by atoms with E-state index in [1.807, 2.05) is 28.8 Å². The number of rotatable bonds is 5. The van der Waals surface area contributed by atoms with E-state index in [2.05, 4.69) is 30.0 Å². The second kappa shape index (κ2) is 8.59. The van der Waals surface area contributed by atoms with E-state index in [-0.39, 0.29) is 0 Å². The van der Waals surface area contributed by atoms with Gasteiger partial charge in [-0.1, -0.05) is 52.6 Å². The van der Waals surface area contributed by atoms with Crippen molar-refractivity contribution in [3.8, 4) is 0 Å². The molecule has 0 spiro atoms. The minimum Gasteiger partial charge on any atom is -0.338 e. The van der Waals surface area contributed by atoms with Crippen molar-refractivity contribution < 1.29 is 0 Å². The van der Waals surface area contributed by atoms with Gasteiger partial charge in [-0.25, -0.2) is 9.97 Å². The molecule has 148 valence electrons. The maximum atomic E-state index is 5.93. The molecule has 0 atom stereocenters. The highest BCUT2D eigenvalue weighted by Gasteiger charge is 2.26. The zero-order valence-electron chi connectivity index (χ0n) is 14.9. The molecule has 0 aliphatic carbocycles. The molecule has 0 radical (unpaired) electrons. The number of thioether (sulfide) groups is 1. The Labute approximate surface area is 182 Å². The Morgan fingerprint density at radius 3 is 2.64 bits per heavy atom. The number of fused-ring (bicyclic) bond motifs is 1. The van der Waals surface area contributed by atoms with Crippen molar-refractivity contribution in [2.75, 3.05) is 43.4 Å². The van der Waals surface area contributed by atoms with Gasteiger partial charge in [0.05, 0.1) is 5.69 Å². The van der Waals surface area contributed by atoms with Crippen LogP contribution >= 0.6 is 46.6 Å². The number of alkyl halides is 3. The number of nitrogens with zero attached hydrogens (tertiary/aromatic N) is 7. The van der Waals surface area contributed by atoms with Gasteiger partial charge in [0.1, 0.15) is 0 Å². The second-order valence-corrected chi connectivity index (χ2v) is 9.67. The minimum absolute atomic E-state index is 0.391. The number of halogens is 3. The number of pyridine rings is 1. The van der Waals surface area contributed by atoms with Crippen molar-refractivity contribution in [1.82, 2.24) is 29.5 Å². The van der Waals surface area contributed by atoms with Crippen LogP contribution in [0.25, 0.3) is 5.65 Å². The van der Waals surface area contributed by atoms with Crippen molar-refractivity contribution >= 4 is 58.2 Å². The summed E-state index contributed by atoms with van der Waals surface area (Å²) >= 11 is 19.5. The van der Waals surface area contributed by atoms with E-state index in [0.717, 1.165) is 49.3 Å². The van der Waals surface area contributed by atoms with Crippen molar-refractivity contribution in [3.05, 3.63) is 42.4 Å². The first-order valence-corrected chi connectivity index (χ1v) is 10.9. The number of hydrogen-bond acceptors (Lipinski definition) is 7. The van der Waals surface area contributed by atoms with Gasteiger partial charge in [-0.2, -0.15) is 0 Å². The first-order valence-electron chi connectivity index (χ1n) is 8.81. The molecular formula is C17H18Cl3N7S. The van der Waals surface area contributed by atoms with Crippen LogP contribution in [0, 0.1) is 0 Å². The smallest absolute Gasteiger partial charge is 0.232 e. The fraction of sp³-hybridized carbons (Fsp3) is 0.412. The highest BCUT2D eigenvalue weighted by molar-refractivity contribution is 7.99. The normalized spacial score (nSPS) is 16.0. The Bertz CT molecular complexity index is 938. The summed E-state index contributed by atoms with van der Waals surface area (Å²) in [5.74, 6) is 1.56. The SMILES string of the molecule is ClC(Cl)(Cl)c1ccnc(N2CCN(CCSc3nnc4ccccn34)CC2)n1. The Morgan fingerprint density at radius 2 is 1.86 bits per heavy atom. The van der Waals surface area contributed by atoms with Crippen LogP contribution in [0.3, 0.4) is 0 Å². The molecule has 0 saturated carbocycles. The number of aromatic nitrogens is 5. The van der Waals surface area contributed by atoms with Crippen LogP contribution < -0.4 is 4.90 Å². The third-order valence-corrected chi connectivity index (χ3v) is 6.01. The summed E-state index contributed by atoms with van der Waals surface area (Å²) in [6.45, 7) is 4.52. The average molecular weight is 459 g/mol. The second-order valence-electron chi connectivity index (χ2n) is 6.33. The van der Waals surface area contributed by atoms with Crippen LogP contribution in [-0.4, -0.2) is 67.9 Å². The maximum Gasteiger partial charge on any atom is 0.232 e. The number of anilines is 1. The Balaban J connectivity index is 1.28. The average Bonchev–Trinajstić information content (AvgIpc) is 3.11. The van der Waals surface area contributed by atoms with Crippen LogP contribution in [0.15, 0.2) is 41.8 Å². The topological polar surface area (TPSA) is 62.5 Å². The van der Waals surface area contributed by atoms with Crippen molar-refractivity contribution in [2.24, 2.45) is 0 Å². The summed E-state index contributed by atoms with van der Waals surface area (Å²) in [4.78, 5) is 13.3. The molecule has 3 aromatic heterocycles. The van der Waals surface area contributed by atoms with Crippen molar-refractivity contribution in [3.63, 3.8) is 0 Å². The lowest BCUT2D eigenvalue weighted by Gasteiger charge is -2.34. The fourth-order valence-corrected chi connectivity index (χ4v) is 4.25. The van der Waals surface area contributed by atoms with E-state index in [9.17, 15) is 0 Å². The van der Waals surface area contributed by atoms with Gasteiger partial charge in [-0.05, 0) is 18.2 Å². The monoisotopic (exact) mass is 457 g/mol.